The summed E-state index contributed by atoms with van der Waals surface area (Å²) in [6, 6.07) is 8.13. The van der Waals surface area contributed by atoms with E-state index in [2.05, 4.69) is 38.7 Å². The number of esters is 1. The fraction of sp³-hybridized carbons (Fsp3) is 0.385. The predicted molar refractivity (Wildman–Crippen MR) is 132 cm³/mol. The van der Waals surface area contributed by atoms with Gasteiger partial charge in [-0.2, -0.15) is 0 Å². The average Bonchev–Trinajstić information content (AvgIpc) is 3.25. The molecule has 4 heterocycles. The first-order valence-corrected chi connectivity index (χ1v) is 11.4. The highest BCUT2D eigenvalue weighted by Gasteiger charge is 2.24. The van der Waals surface area contributed by atoms with E-state index in [1.165, 1.54) is 0 Å². The van der Waals surface area contributed by atoms with Crippen molar-refractivity contribution in [2.45, 2.75) is 20.8 Å². The van der Waals surface area contributed by atoms with Crippen molar-refractivity contribution in [2.24, 2.45) is 0 Å². The van der Waals surface area contributed by atoms with Gasteiger partial charge in [-0.15, -0.1) is 0 Å². The van der Waals surface area contributed by atoms with E-state index in [1.807, 2.05) is 58.1 Å². The number of nitrogens with zero attached hydrogens (tertiary/aromatic N) is 4. The molecule has 1 aliphatic heterocycles. The van der Waals surface area contributed by atoms with Gasteiger partial charge in [0.05, 0.1) is 42.3 Å². The lowest BCUT2D eigenvalue weighted by Gasteiger charge is -2.32. The molecule has 1 saturated heterocycles. The predicted octanol–water partition coefficient (Wildman–Crippen LogP) is 4.25. The third-order valence-corrected chi connectivity index (χ3v) is 6.08. The molecule has 7 heteroatoms. The Labute approximate surface area is 195 Å². The molecule has 1 fully saturated rings. The molecule has 7 nitrogen and oxygen atoms in total. The van der Waals surface area contributed by atoms with Gasteiger partial charge in [0, 0.05) is 45.1 Å². The molecule has 1 aliphatic rings. The summed E-state index contributed by atoms with van der Waals surface area (Å²) in [4.78, 5) is 21.7. The van der Waals surface area contributed by atoms with Crippen molar-refractivity contribution in [3.8, 4) is 11.1 Å². The summed E-state index contributed by atoms with van der Waals surface area (Å²) in [6.45, 7) is 9.23. The van der Waals surface area contributed by atoms with Gasteiger partial charge in [-0.25, -0.2) is 9.78 Å². The SMILES string of the molecule is C/C=C(/c1c(C)c(C(=O)OCC)cc2c(-c3ccnc(N(C)C)c3)ccn12)N1CCOCC1. The highest BCUT2D eigenvalue weighted by Crippen LogP contribution is 2.34. The number of anilines is 1. The summed E-state index contributed by atoms with van der Waals surface area (Å²) < 4.78 is 13.2. The lowest BCUT2D eigenvalue weighted by atomic mass is 10.0. The zero-order chi connectivity index (χ0) is 23.5. The first-order chi connectivity index (χ1) is 16.0. The van der Waals surface area contributed by atoms with Crippen molar-refractivity contribution in [2.75, 3.05) is 51.9 Å². The van der Waals surface area contributed by atoms with Gasteiger partial charge in [0.15, 0.2) is 0 Å². The first kappa shape index (κ1) is 22.9. The van der Waals surface area contributed by atoms with E-state index < -0.39 is 0 Å². The summed E-state index contributed by atoms with van der Waals surface area (Å²) >= 11 is 0. The quantitative estimate of drug-likeness (QED) is 0.526. The van der Waals surface area contributed by atoms with E-state index in [9.17, 15) is 4.79 Å². The minimum atomic E-state index is -0.299. The molecule has 0 radical (unpaired) electrons. The molecular weight excluding hydrogens is 416 g/mol. The van der Waals surface area contributed by atoms with Gasteiger partial charge in [-0.05, 0) is 56.2 Å². The molecular formula is C26H32N4O3. The zero-order valence-electron chi connectivity index (χ0n) is 20.1. The van der Waals surface area contributed by atoms with Gasteiger partial charge in [-0.1, -0.05) is 6.08 Å². The van der Waals surface area contributed by atoms with Crippen molar-refractivity contribution in [3.63, 3.8) is 0 Å². The van der Waals surface area contributed by atoms with Crippen LogP contribution in [-0.4, -0.2) is 67.3 Å². The maximum atomic E-state index is 13.0. The number of hydrogen-bond donors (Lipinski definition) is 0. The molecule has 0 aliphatic carbocycles. The highest BCUT2D eigenvalue weighted by atomic mass is 16.5. The third-order valence-electron chi connectivity index (χ3n) is 6.08. The third kappa shape index (κ3) is 4.33. The highest BCUT2D eigenvalue weighted by molar-refractivity contribution is 5.96. The molecule has 0 amide bonds. The lowest BCUT2D eigenvalue weighted by Crippen LogP contribution is -2.35. The molecule has 0 aromatic carbocycles. The Balaban J connectivity index is 1.96. The minimum Gasteiger partial charge on any atom is -0.462 e. The maximum Gasteiger partial charge on any atom is 0.338 e. The van der Waals surface area contributed by atoms with E-state index in [-0.39, 0.29) is 5.97 Å². The minimum absolute atomic E-state index is 0.299. The van der Waals surface area contributed by atoms with Crippen LogP contribution in [0.3, 0.4) is 0 Å². The van der Waals surface area contributed by atoms with Crippen LogP contribution in [0.4, 0.5) is 5.82 Å². The number of allylic oxidation sites excluding steroid dienone is 1. The van der Waals surface area contributed by atoms with Gasteiger partial charge in [0.2, 0.25) is 0 Å². The Hall–Kier alpha value is -3.32. The second-order valence-electron chi connectivity index (χ2n) is 8.31. The van der Waals surface area contributed by atoms with E-state index in [0.717, 1.165) is 52.5 Å². The molecule has 174 valence electrons. The molecule has 4 rings (SSSR count). The number of aromatic nitrogens is 2. The topological polar surface area (TPSA) is 59.3 Å². The molecule has 0 unspecified atom stereocenters. The summed E-state index contributed by atoms with van der Waals surface area (Å²) in [5.41, 5.74) is 6.66. The number of ether oxygens (including phenoxy) is 2. The monoisotopic (exact) mass is 448 g/mol. The fourth-order valence-corrected chi connectivity index (χ4v) is 4.42. The second kappa shape index (κ2) is 9.67. The Morgan fingerprint density at radius 1 is 1.24 bits per heavy atom. The van der Waals surface area contributed by atoms with Crippen LogP contribution >= 0.6 is 0 Å². The van der Waals surface area contributed by atoms with Crippen LogP contribution in [-0.2, 0) is 9.47 Å². The van der Waals surface area contributed by atoms with Crippen LogP contribution in [0.2, 0.25) is 0 Å². The number of fused-ring (bicyclic) bond motifs is 1. The van der Waals surface area contributed by atoms with E-state index in [1.54, 1.807) is 0 Å². The average molecular weight is 449 g/mol. The summed E-state index contributed by atoms with van der Waals surface area (Å²) in [6.07, 6.45) is 6.03. The molecule has 3 aromatic rings. The van der Waals surface area contributed by atoms with Crippen molar-refractivity contribution >= 4 is 23.0 Å². The van der Waals surface area contributed by atoms with Crippen LogP contribution in [0.1, 0.15) is 35.5 Å². The number of morpholine rings is 1. The summed E-state index contributed by atoms with van der Waals surface area (Å²) in [7, 11) is 3.95. The molecule has 3 aromatic heterocycles. The Morgan fingerprint density at radius 3 is 2.67 bits per heavy atom. The van der Waals surface area contributed by atoms with Crippen LogP contribution in [0, 0.1) is 6.92 Å². The van der Waals surface area contributed by atoms with Crippen LogP contribution < -0.4 is 4.90 Å². The normalized spacial score (nSPS) is 14.6. The van der Waals surface area contributed by atoms with Crippen molar-refractivity contribution in [3.05, 3.63) is 59.6 Å². The van der Waals surface area contributed by atoms with Gasteiger partial charge in [0.25, 0.3) is 0 Å². The van der Waals surface area contributed by atoms with E-state index in [0.29, 0.717) is 25.4 Å². The molecule has 0 saturated carbocycles. The van der Waals surface area contributed by atoms with Crippen LogP contribution in [0.15, 0.2) is 42.7 Å². The summed E-state index contributed by atoms with van der Waals surface area (Å²) in [5.74, 6) is 0.583. The maximum absolute atomic E-state index is 13.0. The van der Waals surface area contributed by atoms with Crippen molar-refractivity contribution in [1.29, 1.82) is 0 Å². The van der Waals surface area contributed by atoms with Crippen molar-refractivity contribution in [1.82, 2.24) is 14.3 Å². The Morgan fingerprint density at radius 2 is 2.00 bits per heavy atom. The lowest BCUT2D eigenvalue weighted by molar-refractivity contribution is 0.0525. The standard InChI is InChI=1S/C26H32N4O3/c1-6-22(29-12-14-32-15-13-29)25-18(3)21(26(31)33-7-2)17-23-20(9-11-30(23)25)19-8-10-27-24(16-19)28(4)5/h6,8-11,16-17H,7,12-15H2,1-5H3/b22-6-. The number of carbonyl (C=O) groups excluding carboxylic acids is 1. The van der Waals surface area contributed by atoms with Gasteiger partial charge in [-0.3, -0.25) is 0 Å². The molecule has 0 spiro atoms. The Bertz CT molecular complexity index is 1190. The number of rotatable bonds is 6. The second-order valence-corrected chi connectivity index (χ2v) is 8.31. The largest absolute Gasteiger partial charge is 0.462 e. The van der Waals surface area contributed by atoms with E-state index in [4.69, 9.17) is 9.47 Å². The van der Waals surface area contributed by atoms with Crippen LogP contribution in [0.5, 0.6) is 0 Å². The van der Waals surface area contributed by atoms with Gasteiger partial charge >= 0.3 is 5.97 Å². The number of carbonyl (C=O) groups is 1. The fourth-order valence-electron chi connectivity index (χ4n) is 4.42. The van der Waals surface area contributed by atoms with Gasteiger partial charge in [0.1, 0.15) is 5.82 Å². The first-order valence-electron chi connectivity index (χ1n) is 11.4. The Kier molecular flexibility index (Phi) is 6.70. The zero-order valence-corrected chi connectivity index (χ0v) is 20.1. The van der Waals surface area contributed by atoms with E-state index >= 15 is 0 Å². The summed E-state index contributed by atoms with van der Waals surface area (Å²) in [5, 5.41) is 0. The molecule has 0 atom stereocenters. The molecule has 33 heavy (non-hydrogen) atoms. The molecule has 0 bridgehead atoms. The van der Waals surface area contributed by atoms with Crippen LogP contribution in [0.25, 0.3) is 22.3 Å². The van der Waals surface area contributed by atoms with Gasteiger partial charge < -0.3 is 23.7 Å². The smallest absolute Gasteiger partial charge is 0.338 e. The van der Waals surface area contributed by atoms with Crippen molar-refractivity contribution < 1.29 is 14.3 Å². The number of pyridine rings is 2. The number of hydrogen-bond acceptors (Lipinski definition) is 6. The molecule has 0 N–H and O–H groups in total.